The van der Waals surface area contributed by atoms with Crippen LogP contribution < -0.4 is 9.54 Å². The molecule has 1 saturated heterocycles. The van der Waals surface area contributed by atoms with E-state index in [1.54, 1.807) is 11.4 Å². The molecule has 2 unspecified atom stereocenters. The van der Waals surface area contributed by atoms with E-state index in [1.807, 2.05) is 29.8 Å². The zero-order valence-electron chi connectivity index (χ0n) is 18.6. The first kappa shape index (κ1) is 22.7. The summed E-state index contributed by atoms with van der Waals surface area (Å²) in [7, 11) is -0.117. The van der Waals surface area contributed by atoms with Gasteiger partial charge in [-0.15, -0.1) is 0 Å². The fourth-order valence-corrected chi connectivity index (χ4v) is 6.94. The SMILES string of the molecule is COc1ccc2c(c1)sc(=NC(=O)c1ccc(S(=O)(=O)N3CC(C)CC(C)C3)cc1)n2C. The lowest BCUT2D eigenvalue weighted by Gasteiger charge is -2.34. The Morgan fingerprint density at radius 2 is 1.75 bits per heavy atom. The van der Waals surface area contributed by atoms with Gasteiger partial charge in [-0.2, -0.15) is 9.30 Å². The van der Waals surface area contributed by atoms with Crippen LogP contribution in [0.5, 0.6) is 5.75 Å². The van der Waals surface area contributed by atoms with Crippen molar-refractivity contribution in [1.82, 2.24) is 8.87 Å². The van der Waals surface area contributed by atoms with Crippen molar-refractivity contribution >= 4 is 37.5 Å². The van der Waals surface area contributed by atoms with Crippen LogP contribution in [0.4, 0.5) is 0 Å². The van der Waals surface area contributed by atoms with E-state index in [-0.39, 0.29) is 4.90 Å². The molecule has 2 heterocycles. The average molecular weight is 474 g/mol. The van der Waals surface area contributed by atoms with Crippen LogP contribution in [0.25, 0.3) is 10.2 Å². The Morgan fingerprint density at radius 1 is 1.09 bits per heavy atom. The van der Waals surface area contributed by atoms with E-state index in [9.17, 15) is 13.2 Å². The fourth-order valence-electron chi connectivity index (χ4n) is 4.22. The van der Waals surface area contributed by atoms with Gasteiger partial charge in [0.15, 0.2) is 4.80 Å². The number of piperidine rings is 1. The van der Waals surface area contributed by atoms with E-state index in [4.69, 9.17) is 4.74 Å². The molecule has 3 aromatic rings. The van der Waals surface area contributed by atoms with Crippen LogP contribution in [-0.4, -0.2) is 43.4 Å². The molecule has 0 spiro atoms. The van der Waals surface area contributed by atoms with Gasteiger partial charge in [0.1, 0.15) is 5.75 Å². The number of hydrogen-bond acceptors (Lipinski definition) is 5. The number of sulfonamides is 1. The Morgan fingerprint density at radius 3 is 2.38 bits per heavy atom. The number of aryl methyl sites for hydroxylation is 1. The number of hydrogen-bond donors (Lipinski definition) is 0. The minimum absolute atomic E-state index is 0.204. The Balaban J connectivity index is 1.60. The highest BCUT2D eigenvalue weighted by molar-refractivity contribution is 7.89. The molecule has 0 N–H and O–H groups in total. The first-order chi connectivity index (χ1) is 15.2. The summed E-state index contributed by atoms with van der Waals surface area (Å²) in [5.74, 6) is 0.986. The van der Waals surface area contributed by atoms with Crippen molar-refractivity contribution in [3.63, 3.8) is 0 Å². The molecule has 170 valence electrons. The van der Waals surface area contributed by atoms with Crippen molar-refractivity contribution in [3.8, 4) is 5.75 Å². The molecule has 4 rings (SSSR count). The molecule has 1 amide bonds. The highest BCUT2D eigenvalue weighted by Gasteiger charge is 2.31. The molecule has 9 heteroatoms. The van der Waals surface area contributed by atoms with Crippen LogP contribution in [0.3, 0.4) is 0 Å². The van der Waals surface area contributed by atoms with Gasteiger partial charge < -0.3 is 9.30 Å². The molecule has 1 aromatic heterocycles. The standard InChI is InChI=1S/C23H27N3O4S2/c1-15-11-16(2)14-26(13-15)32(28,29)19-8-5-17(6-9-19)22(27)24-23-25(3)20-10-7-18(30-4)12-21(20)31-23/h5-10,12,15-16H,11,13-14H2,1-4H3. The van der Waals surface area contributed by atoms with Crippen molar-refractivity contribution in [2.45, 2.75) is 25.2 Å². The van der Waals surface area contributed by atoms with Crippen molar-refractivity contribution in [2.24, 2.45) is 23.9 Å². The molecule has 1 aliphatic rings. The molecule has 2 aromatic carbocycles. The van der Waals surface area contributed by atoms with E-state index in [2.05, 4.69) is 18.8 Å². The molecule has 0 radical (unpaired) electrons. The Labute approximate surface area is 192 Å². The van der Waals surface area contributed by atoms with Gasteiger partial charge in [-0.25, -0.2) is 8.42 Å². The van der Waals surface area contributed by atoms with E-state index in [1.165, 1.54) is 35.6 Å². The van der Waals surface area contributed by atoms with Gasteiger partial charge in [0.2, 0.25) is 10.0 Å². The highest BCUT2D eigenvalue weighted by Crippen LogP contribution is 2.27. The predicted octanol–water partition coefficient (Wildman–Crippen LogP) is 3.66. The summed E-state index contributed by atoms with van der Waals surface area (Å²) in [4.78, 5) is 17.8. The third kappa shape index (κ3) is 4.37. The largest absolute Gasteiger partial charge is 0.497 e. The summed E-state index contributed by atoms with van der Waals surface area (Å²) in [5.41, 5.74) is 1.30. The van der Waals surface area contributed by atoms with Crippen LogP contribution in [0.1, 0.15) is 30.6 Å². The number of thiazole rings is 1. The lowest BCUT2D eigenvalue weighted by Crippen LogP contribution is -2.42. The van der Waals surface area contributed by atoms with Crippen molar-refractivity contribution in [1.29, 1.82) is 0 Å². The number of fused-ring (bicyclic) bond motifs is 1. The minimum atomic E-state index is -3.58. The second kappa shape index (κ2) is 8.80. The van der Waals surface area contributed by atoms with E-state index in [0.717, 1.165) is 22.4 Å². The fraction of sp³-hybridized carbons (Fsp3) is 0.391. The predicted molar refractivity (Wildman–Crippen MR) is 125 cm³/mol. The number of rotatable bonds is 4. The summed E-state index contributed by atoms with van der Waals surface area (Å²) >= 11 is 1.40. The third-order valence-corrected chi connectivity index (χ3v) is 8.73. The molecular formula is C23H27N3O4S2. The Bertz CT molecular complexity index is 1310. The molecule has 32 heavy (non-hydrogen) atoms. The van der Waals surface area contributed by atoms with Crippen LogP contribution in [0.2, 0.25) is 0 Å². The molecule has 0 bridgehead atoms. The number of carbonyl (C=O) groups is 1. The zero-order chi connectivity index (χ0) is 23.0. The van der Waals surface area contributed by atoms with Gasteiger partial charge in [0, 0.05) is 25.7 Å². The Hall–Kier alpha value is -2.49. The molecule has 0 saturated carbocycles. The normalized spacial score (nSPS) is 20.6. The monoisotopic (exact) mass is 473 g/mol. The number of methoxy groups -OCH3 is 1. The molecule has 1 aliphatic heterocycles. The van der Waals surface area contributed by atoms with Gasteiger partial charge in [0.25, 0.3) is 5.91 Å². The quantitative estimate of drug-likeness (QED) is 0.579. The summed E-state index contributed by atoms with van der Waals surface area (Å²) in [6.07, 6.45) is 1.03. The molecule has 1 fully saturated rings. The van der Waals surface area contributed by atoms with Gasteiger partial charge in [0.05, 0.1) is 22.2 Å². The number of amides is 1. The third-order valence-electron chi connectivity index (χ3n) is 5.79. The number of aromatic nitrogens is 1. The van der Waals surface area contributed by atoms with Crippen LogP contribution in [0, 0.1) is 11.8 Å². The maximum atomic E-state index is 13.1. The van der Waals surface area contributed by atoms with Crippen molar-refractivity contribution in [3.05, 3.63) is 52.8 Å². The van der Waals surface area contributed by atoms with Gasteiger partial charge in [-0.05, 0) is 60.7 Å². The zero-order valence-corrected chi connectivity index (χ0v) is 20.2. The number of ether oxygens (including phenoxy) is 1. The first-order valence-corrected chi connectivity index (χ1v) is 12.8. The van der Waals surface area contributed by atoms with Crippen LogP contribution in [-0.2, 0) is 17.1 Å². The van der Waals surface area contributed by atoms with E-state index in [0.29, 0.717) is 35.3 Å². The lowest BCUT2D eigenvalue weighted by molar-refractivity contribution is 0.0998. The Kier molecular flexibility index (Phi) is 6.24. The number of nitrogens with zero attached hydrogens (tertiary/aromatic N) is 3. The average Bonchev–Trinajstić information content (AvgIpc) is 3.07. The maximum Gasteiger partial charge on any atom is 0.279 e. The second-order valence-electron chi connectivity index (χ2n) is 8.49. The smallest absolute Gasteiger partial charge is 0.279 e. The summed E-state index contributed by atoms with van der Waals surface area (Å²) in [6.45, 7) is 5.20. The van der Waals surface area contributed by atoms with E-state index >= 15 is 0 Å². The summed E-state index contributed by atoms with van der Waals surface area (Å²) < 4.78 is 35.7. The molecular weight excluding hydrogens is 446 g/mol. The molecule has 7 nitrogen and oxygen atoms in total. The first-order valence-electron chi connectivity index (χ1n) is 10.5. The van der Waals surface area contributed by atoms with E-state index < -0.39 is 15.9 Å². The second-order valence-corrected chi connectivity index (χ2v) is 11.4. The summed E-state index contributed by atoms with van der Waals surface area (Å²) in [6, 6.07) is 11.8. The maximum absolute atomic E-state index is 13.1. The number of benzene rings is 2. The lowest BCUT2D eigenvalue weighted by atomic mass is 9.94. The van der Waals surface area contributed by atoms with Gasteiger partial charge in [-0.1, -0.05) is 25.2 Å². The highest BCUT2D eigenvalue weighted by atomic mass is 32.2. The van der Waals surface area contributed by atoms with Crippen molar-refractivity contribution < 1.29 is 17.9 Å². The molecule has 0 aliphatic carbocycles. The minimum Gasteiger partial charge on any atom is -0.497 e. The topological polar surface area (TPSA) is 81.0 Å². The van der Waals surface area contributed by atoms with Gasteiger partial charge in [-0.3, -0.25) is 4.79 Å². The van der Waals surface area contributed by atoms with Crippen molar-refractivity contribution in [2.75, 3.05) is 20.2 Å². The summed E-state index contributed by atoms with van der Waals surface area (Å²) in [5, 5.41) is 0. The van der Waals surface area contributed by atoms with Crippen LogP contribution in [0.15, 0.2) is 52.4 Å². The van der Waals surface area contributed by atoms with Gasteiger partial charge >= 0.3 is 0 Å². The molecule has 2 atom stereocenters. The van der Waals surface area contributed by atoms with Crippen LogP contribution >= 0.6 is 11.3 Å². The number of carbonyl (C=O) groups excluding carboxylic acids is 1.